The van der Waals surface area contributed by atoms with E-state index in [1.807, 2.05) is 18.2 Å². The molecule has 0 aliphatic carbocycles. The van der Waals surface area contributed by atoms with Crippen molar-refractivity contribution < 1.29 is 4.79 Å². The zero-order valence-electron chi connectivity index (χ0n) is 15.0. The molecule has 1 aromatic heterocycles. The maximum absolute atomic E-state index is 12.5. The molecule has 5 nitrogen and oxygen atoms in total. The number of aromatic nitrogens is 2. The minimum atomic E-state index is 0.122. The summed E-state index contributed by atoms with van der Waals surface area (Å²) < 4.78 is 0. The van der Waals surface area contributed by atoms with Gasteiger partial charge in [0, 0.05) is 37.9 Å². The van der Waals surface area contributed by atoms with Gasteiger partial charge in [-0.25, -0.2) is 9.97 Å². The van der Waals surface area contributed by atoms with Gasteiger partial charge >= 0.3 is 0 Å². The number of anilines is 1. The standard InChI is InChI=1S/C20H26N4O/c1-15-7-3-4-9-18(15)16(2)13-19(25)23-17-8-5-12-24(14-17)20-21-10-6-11-22-20/h3-4,6-7,9-11,16-17H,5,8,12-14H2,1-2H3,(H,23,25)/t16-,17+/m0/s1. The second-order valence-corrected chi connectivity index (χ2v) is 6.86. The number of rotatable bonds is 5. The minimum absolute atomic E-state index is 0.122. The summed E-state index contributed by atoms with van der Waals surface area (Å²) in [5, 5.41) is 3.20. The fraction of sp³-hybridized carbons (Fsp3) is 0.450. The van der Waals surface area contributed by atoms with E-state index in [1.54, 1.807) is 12.4 Å². The Balaban J connectivity index is 1.55. The number of piperidine rings is 1. The molecule has 1 aliphatic rings. The Morgan fingerprint density at radius 3 is 2.80 bits per heavy atom. The zero-order chi connectivity index (χ0) is 17.6. The summed E-state index contributed by atoms with van der Waals surface area (Å²) >= 11 is 0. The Labute approximate surface area is 149 Å². The summed E-state index contributed by atoms with van der Waals surface area (Å²) in [4.78, 5) is 23.3. The van der Waals surface area contributed by atoms with E-state index in [4.69, 9.17) is 0 Å². The summed E-state index contributed by atoms with van der Waals surface area (Å²) in [6, 6.07) is 10.3. The van der Waals surface area contributed by atoms with Gasteiger partial charge in [-0.15, -0.1) is 0 Å². The molecule has 1 N–H and O–H groups in total. The van der Waals surface area contributed by atoms with Crippen molar-refractivity contribution in [2.24, 2.45) is 0 Å². The lowest BCUT2D eigenvalue weighted by Gasteiger charge is -2.33. The summed E-state index contributed by atoms with van der Waals surface area (Å²) in [6.45, 7) is 5.93. The number of hydrogen-bond acceptors (Lipinski definition) is 4. The maximum Gasteiger partial charge on any atom is 0.225 e. The first-order valence-corrected chi connectivity index (χ1v) is 9.00. The largest absolute Gasteiger partial charge is 0.352 e. The van der Waals surface area contributed by atoms with Crippen LogP contribution in [0.25, 0.3) is 0 Å². The highest BCUT2D eigenvalue weighted by Gasteiger charge is 2.23. The highest BCUT2D eigenvalue weighted by Crippen LogP contribution is 2.22. The number of amides is 1. The Morgan fingerprint density at radius 1 is 1.28 bits per heavy atom. The molecule has 0 radical (unpaired) electrons. The summed E-state index contributed by atoms with van der Waals surface area (Å²) in [6.07, 6.45) is 6.08. The van der Waals surface area contributed by atoms with Crippen molar-refractivity contribution in [1.82, 2.24) is 15.3 Å². The summed E-state index contributed by atoms with van der Waals surface area (Å²) in [7, 11) is 0. The van der Waals surface area contributed by atoms with Crippen LogP contribution in [0.4, 0.5) is 5.95 Å². The maximum atomic E-state index is 12.5. The van der Waals surface area contributed by atoms with Crippen LogP contribution in [-0.4, -0.2) is 35.0 Å². The fourth-order valence-corrected chi connectivity index (χ4v) is 3.55. The molecule has 1 aliphatic heterocycles. The molecule has 25 heavy (non-hydrogen) atoms. The Kier molecular flexibility index (Phi) is 5.64. The van der Waals surface area contributed by atoms with Crippen molar-refractivity contribution in [2.45, 2.75) is 45.1 Å². The normalized spacial score (nSPS) is 18.6. The quantitative estimate of drug-likeness (QED) is 0.910. The van der Waals surface area contributed by atoms with Crippen LogP contribution in [0.1, 0.15) is 43.2 Å². The molecule has 1 fully saturated rings. The summed E-state index contributed by atoms with van der Waals surface area (Å²) in [5.74, 6) is 1.09. The minimum Gasteiger partial charge on any atom is -0.352 e. The monoisotopic (exact) mass is 338 g/mol. The molecule has 3 rings (SSSR count). The van der Waals surface area contributed by atoms with E-state index in [0.29, 0.717) is 6.42 Å². The van der Waals surface area contributed by atoms with E-state index in [-0.39, 0.29) is 17.9 Å². The van der Waals surface area contributed by atoms with Crippen molar-refractivity contribution in [3.63, 3.8) is 0 Å². The van der Waals surface area contributed by atoms with E-state index < -0.39 is 0 Å². The van der Waals surface area contributed by atoms with Crippen molar-refractivity contribution >= 4 is 11.9 Å². The van der Waals surface area contributed by atoms with Crippen molar-refractivity contribution in [2.75, 3.05) is 18.0 Å². The van der Waals surface area contributed by atoms with Crippen LogP contribution in [0.2, 0.25) is 0 Å². The van der Waals surface area contributed by atoms with E-state index in [2.05, 4.69) is 46.2 Å². The number of carbonyl (C=O) groups excluding carboxylic acids is 1. The predicted octanol–water partition coefficient (Wildman–Crippen LogP) is 3.06. The first-order valence-electron chi connectivity index (χ1n) is 9.00. The molecular weight excluding hydrogens is 312 g/mol. The van der Waals surface area contributed by atoms with Crippen molar-refractivity contribution in [3.8, 4) is 0 Å². The first-order chi connectivity index (χ1) is 12.1. The number of nitrogens with one attached hydrogen (secondary N) is 1. The van der Waals surface area contributed by atoms with Gasteiger partial charge in [0.1, 0.15) is 0 Å². The van der Waals surface area contributed by atoms with Crippen molar-refractivity contribution in [1.29, 1.82) is 0 Å². The Morgan fingerprint density at radius 2 is 2.04 bits per heavy atom. The smallest absolute Gasteiger partial charge is 0.225 e. The number of nitrogens with zero attached hydrogens (tertiary/aromatic N) is 3. The van der Waals surface area contributed by atoms with E-state index >= 15 is 0 Å². The van der Waals surface area contributed by atoms with Gasteiger partial charge in [0.2, 0.25) is 11.9 Å². The lowest BCUT2D eigenvalue weighted by molar-refractivity contribution is -0.122. The molecule has 0 saturated carbocycles. The third-order valence-corrected chi connectivity index (χ3v) is 4.83. The Bertz CT molecular complexity index is 704. The van der Waals surface area contributed by atoms with Crippen LogP contribution < -0.4 is 10.2 Å². The average molecular weight is 338 g/mol. The number of hydrogen-bond donors (Lipinski definition) is 1. The van der Waals surface area contributed by atoms with Gasteiger partial charge in [0.15, 0.2) is 0 Å². The third kappa shape index (κ3) is 4.56. The molecule has 2 aromatic rings. The molecule has 0 unspecified atom stereocenters. The SMILES string of the molecule is Cc1ccccc1[C@@H](C)CC(=O)N[C@@H]1CCCN(c2ncccn2)C1. The summed E-state index contributed by atoms with van der Waals surface area (Å²) in [5.41, 5.74) is 2.49. The fourth-order valence-electron chi connectivity index (χ4n) is 3.55. The molecule has 0 spiro atoms. The van der Waals surface area contributed by atoms with Gasteiger partial charge in [-0.3, -0.25) is 4.79 Å². The van der Waals surface area contributed by atoms with Gasteiger partial charge in [-0.2, -0.15) is 0 Å². The second-order valence-electron chi connectivity index (χ2n) is 6.86. The van der Waals surface area contributed by atoms with Crippen molar-refractivity contribution in [3.05, 3.63) is 53.9 Å². The van der Waals surface area contributed by atoms with Gasteiger partial charge < -0.3 is 10.2 Å². The Hall–Kier alpha value is -2.43. The number of benzene rings is 1. The predicted molar refractivity (Wildman–Crippen MR) is 99.6 cm³/mol. The number of carbonyl (C=O) groups is 1. The van der Waals surface area contributed by atoms with Crippen LogP contribution in [-0.2, 0) is 4.79 Å². The molecule has 5 heteroatoms. The van der Waals surface area contributed by atoms with Gasteiger partial charge in [0.25, 0.3) is 0 Å². The zero-order valence-corrected chi connectivity index (χ0v) is 15.0. The lowest BCUT2D eigenvalue weighted by Crippen LogP contribution is -2.48. The number of aryl methyl sites for hydroxylation is 1. The van der Waals surface area contributed by atoms with Gasteiger partial charge in [-0.05, 0) is 42.9 Å². The molecular formula is C20H26N4O. The first kappa shape index (κ1) is 17.4. The van der Waals surface area contributed by atoms with E-state index in [9.17, 15) is 4.79 Å². The highest BCUT2D eigenvalue weighted by atomic mass is 16.1. The molecule has 132 valence electrons. The molecule has 2 atom stereocenters. The van der Waals surface area contributed by atoms with Gasteiger partial charge in [0.05, 0.1) is 0 Å². The van der Waals surface area contributed by atoms with Gasteiger partial charge in [-0.1, -0.05) is 31.2 Å². The molecule has 1 amide bonds. The molecule has 1 aromatic carbocycles. The molecule has 1 saturated heterocycles. The second kappa shape index (κ2) is 8.10. The lowest BCUT2D eigenvalue weighted by atomic mass is 9.93. The highest BCUT2D eigenvalue weighted by molar-refractivity contribution is 5.77. The van der Waals surface area contributed by atoms with Crippen LogP contribution >= 0.6 is 0 Å². The average Bonchev–Trinajstić information content (AvgIpc) is 2.63. The third-order valence-electron chi connectivity index (χ3n) is 4.83. The van der Waals surface area contributed by atoms with Crippen LogP contribution in [0.3, 0.4) is 0 Å². The van der Waals surface area contributed by atoms with Crippen LogP contribution in [0.5, 0.6) is 0 Å². The van der Waals surface area contributed by atoms with E-state index in [1.165, 1.54) is 11.1 Å². The molecule has 0 bridgehead atoms. The van der Waals surface area contributed by atoms with Crippen LogP contribution in [0, 0.1) is 6.92 Å². The van der Waals surface area contributed by atoms with Crippen LogP contribution in [0.15, 0.2) is 42.7 Å². The molecule has 2 heterocycles. The van der Waals surface area contributed by atoms with E-state index in [0.717, 1.165) is 31.9 Å². The topological polar surface area (TPSA) is 58.1 Å².